The monoisotopic (exact) mass is 355 g/mol. The Hall–Kier alpha value is -2.82. The van der Waals surface area contributed by atoms with Crippen LogP contribution in [-0.2, 0) is 4.74 Å². The minimum Gasteiger partial charge on any atom is -0.494 e. The highest BCUT2D eigenvalue weighted by atomic mass is 19.1. The van der Waals surface area contributed by atoms with Crippen molar-refractivity contribution in [3.05, 3.63) is 53.5 Å². The molecule has 0 aliphatic carbocycles. The van der Waals surface area contributed by atoms with Gasteiger partial charge in [-0.15, -0.1) is 0 Å². The maximum absolute atomic E-state index is 13.8. The molecule has 2 aromatic carbocycles. The smallest absolute Gasteiger partial charge is 0.338 e. The number of aromatic nitrogens is 1. The fourth-order valence-electron chi connectivity index (χ4n) is 3.29. The van der Waals surface area contributed by atoms with Gasteiger partial charge in [0.25, 0.3) is 0 Å². The summed E-state index contributed by atoms with van der Waals surface area (Å²) < 4.78 is 26.0. The van der Waals surface area contributed by atoms with Crippen molar-refractivity contribution in [2.75, 3.05) is 14.2 Å². The number of methoxy groups -OCH3 is 2. The van der Waals surface area contributed by atoms with Crippen LogP contribution in [0, 0.1) is 12.7 Å². The van der Waals surface area contributed by atoms with Crippen LogP contribution in [0.5, 0.6) is 5.75 Å². The second-order valence-electron chi connectivity index (χ2n) is 6.57. The molecule has 0 unspecified atom stereocenters. The Labute approximate surface area is 152 Å². The predicted octanol–water partition coefficient (Wildman–Crippen LogP) is 5.13. The Morgan fingerprint density at radius 3 is 2.46 bits per heavy atom. The summed E-state index contributed by atoms with van der Waals surface area (Å²) in [6, 6.07) is 8.71. The van der Waals surface area contributed by atoms with E-state index in [0.29, 0.717) is 5.56 Å². The Bertz CT molecular complexity index is 989. The van der Waals surface area contributed by atoms with E-state index in [1.807, 2.05) is 19.2 Å². The van der Waals surface area contributed by atoms with Crippen LogP contribution in [0.4, 0.5) is 4.39 Å². The van der Waals surface area contributed by atoms with Crippen molar-refractivity contribution in [3.63, 3.8) is 0 Å². The van der Waals surface area contributed by atoms with E-state index in [0.717, 1.165) is 27.6 Å². The molecule has 26 heavy (non-hydrogen) atoms. The number of carbonyl (C=O) groups is 1. The van der Waals surface area contributed by atoms with Crippen molar-refractivity contribution < 1.29 is 18.7 Å². The zero-order valence-corrected chi connectivity index (χ0v) is 15.6. The SMILES string of the molecule is COC(=O)c1cc(-c2ccc(F)c(OC)c2)cc2c1c(C)cn2C(C)C. The Morgan fingerprint density at radius 1 is 1.12 bits per heavy atom. The second-order valence-corrected chi connectivity index (χ2v) is 6.57. The molecule has 0 aliphatic rings. The van der Waals surface area contributed by atoms with Crippen LogP contribution in [0.25, 0.3) is 22.0 Å². The van der Waals surface area contributed by atoms with Crippen molar-refractivity contribution >= 4 is 16.9 Å². The zero-order chi connectivity index (χ0) is 19.0. The van der Waals surface area contributed by atoms with Crippen molar-refractivity contribution in [2.24, 2.45) is 0 Å². The zero-order valence-electron chi connectivity index (χ0n) is 15.6. The average Bonchev–Trinajstić information content (AvgIpc) is 2.97. The van der Waals surface area contributed by atoms with Crippen LogP contribution in [0.2, 0.25) is 0 Å². The quantitative estimate of drug-likeness (QED) is 0.609. The van der Waals surface area contributed by atoms with E-state index in [4.69, 9.17) is 9.47 Å². The Morgan fingerprint density at radius 2 is 1.85 bits per heavy atom. The van der Waals surface area contributed by atoms with Crippen LogP contribution in [0.1, 0.15) is 35.8 Å². The number of hydrogen-bond donors (Lipinski definition) is 0. The number of fused-ring (bicyclic) bond motifs is 1. The summed E-state index contributed by atoms with van der Waals surface area (Å²) in [6.45, 7) is 6.16. The molecule has 1 aromatic heterocycles. The average molecular weight is 355 g/mol. The molecule has 0 amide bonds. The molecule has 0 bridgehead atoms. The molecule has 3 rings (SSSR count). The maximum Gasteiger partial charge on any atom is 0.338 e. The first-order valence-corrected chi connectivity index (χ1v) is 8.44. The molecule has 0 fully saturated rings. The minimum absolute atomic E-state index is 0.164. The molecule has 1 heterocycles. The molecule has 3 aromatic rings. The van der Waals surface area contributed by atoms with E-state index in [2.05, 4.69) is 18.4 Å². The first kappa shape index (κ1) is 18.0. The van der Waals surface area contributed by atoms with Gasteiger partial charge in [0.1, 0.15) is 0 Å². The summed E-state index contributed by atoms with van der Waals surface area (Å²) in [5, 5.41) is 0.878. The van der Waals surface area contributed by atoms with Gasteiger partial charge in [0.2, 0.25) is 0 Å². The van der Waals surface area contributed by atoms with E-state index in [1.165, 1.54) is 20.3 Å². The van der Waals surface area contributed by atoms with Crippen LogP contribution in [-0.4, -0.2) is 24.8 Å². The standard InChI is InChI=1S/C21H22FNO3/c1-12(2)23-11-13(3)20-16(21(24)26-5)8-15(9-18(20)23)14-6-7-17(22)19(10-14)25-4/h6-12H,1-5H3. The molecular weight excluding hydrogens is 333 g/mol. The predicted molar refractivity (Wildman–Crippen MR) is 100 cm³/mol. The number of rotatable bonds is 4. The van der Waals surface area contributed by atoms with Gasteiger partial charge in [0.05, 0.1) is 19.8 Å². The Kier molecular flexibility index (Phi) is 4.72. The van der Waals surface area contributed by atoms with Crippen LogP contribution in [0.15, 0.2) is 36.5 Å². The Balaban J connectivity index is 2.33. The molecular formula is C21H22FNO3. The minimum atomic E-state index is -0.424. The first-order valence-electron chi connectivity index (χ1n) is 8.44. The van der Waals surface area contributed by atoms with Gasteiger partial charge < -0.3 is 14.0 Å². The lowest BCUT2D eigenvalue weighted by Crippen LogP contribution is -2.04. The van der Waals surface area contributed by atoms with Gasteiger partial charge >= 0.3 is 5.97 Å². The highest BCUT2D eigenvalue weighted by Gasteiger charge is 2.19. The normalized spacial score (nSPS) is 11.2. The molecule has 5 heteroatoms. The number of nitrogens with zero attached hydrogens (tertiary/aromatic N) is 1. The van der Waals surface area contributed by atoms with Crippen molar-refractivity contribution in [3.8, 4) is 16.9 Å². The molecule has 0 radical (unpaired) electrons. The van der Waals surface area contributed by atoms with Gasteiger partial charge in [0.15, 0.2) is 11.6 Å². The van der Waals surface area contributed by atoms with Crippen LogP contribution in [0.3, 0.4) is 0 Å². The van der Waals surface area contributed by atoms with Gasteiger partial charge in [-0.25, -0.2) is 9.18 Å². The van der Waals surface area contributed by atoms with Crippen molar-refractivity contribution in [1.82, 2.24) is 4.57 Å². The highest BCUT2D eigenvalue weighted by molar-refractivity contribution is 6.07. The van der Waals surface area contributed by atoms with E-state index in [1.54, 1.807) is 18.2 Å². The first-order chi connectivity index (χ1) is 12.4. The van der Waals surface area contributed by atoms with E-state index >= 15 is 0 Å². The van der Waals surface area contributed by atoms with Gasteiger partial charge in [0, 0.05) is 23.1 Å². The number of halogens is 1. The van der Waals surface area contributed by atoms with Crippen molar-refractivity contribution in [2.45, 2.75) is 26.8 Å². The van der Waals surface area contributed by atoms with E-state index < -0.39 is 11.8 Å². The number of esters is 1. The van der Waals surface area contributed by atoms with Crippen LogP contribution < -0.4 is 4.74 Å². The molecule has 0 aliphatic heterocycles. The maximum atomic E-state index is 13.8. The third-order valence-corrected chi connectivity index (χ3v) is 4.57. The molecule has 4 nitrogen and oxygen atoms in total. The molecule has 0 saturated carbocycles. The molecule has 0 N–H and O–H groups in total. The summed E-state index contributed by atoms with van der Waals surface area (Å²) in [5.41, 5.74) is 4.02. The number of aryl methyl sites for hydroxylation is 1. The van der Waals surface area contributed by atoms with Gasteiger partial charge in [-0.05, 0) is 61.7 Å². The molecule has 0 saturated heterocycles. The third kappa shape index (κ3) is 2.94. The topological polar surface area (TPSA) is 40.5 Å². The van der Waals surface area contributed by atoms with Gasteiger partial charge in [-0.3, -0.25) is 0 Å². The largest absolute Gasteiger partial charge is 0.494 e. The van der Waals surface area contributed by atoms with Crippen molar-refractivity contribution in [1.29, 1.82) is 0 Å². The second kappa shape index (κ2) is 6.83. The summed E-state index contributed by atoms with van der Waals surface area (Å²) in [7, 11) is 2.80. The summed E-state index contributed by atoms with van der Waals surface area (Å²) >= 11 is 0. The third-order valence-electron chi connectivity index (χ3n) is 4.57. The lowest BCUT2D eigenvalue weighted by atomic mass is 9.98. The number of hydrogen-bond acceptors (Lipinski definition) is 3. The number of ether oxygens (including phenoxy) is 2. The molecule has 0 atom stereocenters. The number of benzene rings is 2. The van der Waals surface area contributed by atoms with Crippen LogP contribution >= 0.6 is 0 Å². The summed E-state index contributed by atoms with van der Waals surface area (Å²) in [6.07, 6.45) is 2.04. The summed E-state index contributed by atoms with van der Waals surface area (Å²) in [4.78, 5) is 12.4. The number of carbonyl (C=O) groups excluding carboxylic acids is 1. The van der Waals surface area contributed by atoms with E-state index in [-0.39, 0.29) is 11.8 Å². The summed E-state index contributed by atoms with van der Waals surface area (Å²) in [5.74, 6) is -0.653. The fourth-order valence-corrected chi connectivity index (χ4v) is 3.29. The van der Waals surface area contributed by atoms with E-state index in [9.17, 15) is 9.18 Å². The van der Waals surface area contributed by atoms with Gasteiger partial charge in [-0.2, -0.15) is 0 Å². The molecule has 0 spiro atoms. The highest BCUT2D eigenvalue weighted by Crippen LogP contribution is 2.34. The lowest BCUT2D eigenvalue weighted by Gasteiger charge is -2.13. The fraction of sp³-hybridized carbons (Fsp3) is 0.286. The molecule has 136 valence electrons. The van der Waals surface area contributed by atoms with Gasteiger partial charge in [-0.1, -0.05) is 6.07 Å². The lowest BCUT2D eigenvalue weighted by molar-refractivity contribution is 0.0603.